The van der Waals surface area contributed by atoms with Crippen LogP contribution in [0.4, 0.5) is 0 Å². The summed E-state index contributed by atoms with van der Waals surface area (Å²) in [6.07, 6.45) is 0.149. The van der Waals surface area contributed by atoms with Gasteiger partial charge in [-0.3, -0.25) is 0 Å². The van der Waals surface area contributed by atoms with Crippen LogP contribution in [0.25, 0.3) is 0 Å². The molecule has 0 fully saturated rings. The quantitative estimate of drug-likeness (QED) is 0.836. The van der Waals surface area contributed by atoms with Gasteiger partial charge in [-0.25, -0.2) is 8.42 Å². The van der Waals surface area contributed by atoms with Gasteiger partial charge in [-0.05, 0) is 31.2 Å². The van der Waals surface area contributed by atoms with Gasteiger partial charge in [-0.2, -0.15) is 9.57 Å². The van der Waals surface area contributed by atoms with E-state index < -0.39 is 10.0 Å². The summed E-state index contributed by atoms with van der Waals surface area (Å²) in [5, 5.41) is 8.64. The average molecular weight is 291 g/mol. The molecule has 0 saturated heterocycles. The van der Waals surface area contributed by atoms with Crippen LogP contribution >= 0.6 is 0 Å². The second-order valence-electron chi connectivity index (χ2n) is 4.26. The highest BCUT2D eigenvalue weighted by Crippen LogP contribution is 2.18. The Morgan fingerprint density at radius 1 is 1.35 bits per heavy atom. The van der Waals surface area contributed by atoms with Crippen molar-refractivity contribution in [3.05, 3.63) is 29.8 Å². The number of sulfonamides is 1. The first-order chi connectivity index (χ1) is 9.43. The molecular formula is C14H17N3O2S. The molecule has 0 aromatic heterocycles. The summed E-state index contributed by atoms with van der Waals surface area (Å²) >= 11 is 0. The van der Waals surface area contributed by atoms with Gasteiger partial charge in [-0.15, -0.1) is 0 Å². The van der Waals surface area contributed by atoms with Crippen LogP contribution in [0.1, 0.15) is 18.9 Å². The third kappa shape index (κ3) is 3.82. The topological polar surface area (TPSA) is 87.2 Å². The van der Waals surface area contributed by atoms with Crippen molar-refractivity contribution in [2.45, 2.75) is 24.3 Å². The Morgan fingerprint density at radius 2 is 1.95 bits per heavy atom. The predicted octanol–water partition coefficient (Wildman–Crippen LogP) is 0.919. The van der Waals surface area contributed by atoms with Gasteiger partial charge in [0, 0.05) is 18.7 Å². The zero-order chi connectivity index (χ0) is 15.2. The van der Waals surface area contributed by atoms with Crippen LogP contribution in [0.5, 0.6) is 0 Å². The number of rotatable bonds is 4. The molecule has 1 unspecified atom stereocenters. The van der Waals surface area contributed by atoms with Crippen LogP contribution in [0.15, 0.2) is 29.2 Å². The van der Waals surface area contributed by atoms with Crippen molar-refractivity contribution in [3.8, 4) is 17.9 Å². The van der Waals surface area contributed by atoms with Crippen molar-refractivity contribution in [1.82, 2.24) is 4.31 Å². The molecule has 5 nitrogen and oxygen atoms in total. The SMILES string of the molecule is CC(CC#N)N(C)S(=O)(=O)c1ccc(C#CCN)cc1. The molecule has 0 aliphatic carbocycles. The van der Waals surface area contributed by atoms with Gasteiger partial charge in [0.2, 0.25) is 10.0 Å². The third-order valence-corrected chi connectivity index (χ3v) is 4.86. The van der Waals surface area contributed by atoms with E-state index in [0.29, 0.717) is 5.56 Å². The summed E-state index contributed by atoms with van der Waals surface area (Å²) in [5.74, 6) is 5.53. The Morgan fingerprint density at radius 3 is 2.45 bits per heavy atom. The summed E-state index contributed by atoms with van der Waals surface area (Å²) in [4.78, 5) is 0.183. The monoisotopic (exact) mass is 291 g/mol. The molecule has 1 atom stereocenters. The van der Waals surface area contributed by atoms with Crippen LogP contribution in [-0.2, 0) is 10.0 Å². The van der Waals surface area contributed by atoms with Crippen molar-refractivity contribution < 1.29 is 8.42 Å². The number of benzene rings is 1. The number of nitrogens with two attached hydrogens (primary N) is 1. The van der Waals surface area contributed by atoms with Gasteiger partial charge >= 0.3 is 0 Å². The van der Waals surface area contributed by atoms with E-state index in [4.69, 9.17) is 11.0 Å². The first kappa shape index (κ1) is 16.2. The first-order valence-corrected chi connectivity index (χ1v) is 7.51. The predicted molar refractivity (Wildman–Crippen MR) is 77.0 cm³/mol. The van der Waals surface area contributed by atoms with E-state index in [1.807, 2.05) is 6.07 Å². The van der Waals surface area contributed by atoms with Crippen LogP contribution in [0.3, 0.4) is 0 Å². The molecule has 0 amide bonds. The molecule has 0 saturated carbocycles. The van der Waals surface area contributed by atoms with E-state index in [0.717, 1.165) is 0 Å². The van der Waals surface area contributed by atoms with Crippen molar-refractivity contribution in [1.29, 1.82) is 5.26 Å². The Hall–Kier alpha value is -1.86. The minimum atomic E-state index is -3.59. The summed E-state index contributed by atoms with van der Waals surface area (Å²) in [6.45, 7) is 1.95. The van der Waals surface area contributed by atoms with E-state index in [1.54, 1.807) is 19.1 Å². The molecule has 1 aromatic rings. The summed E-state index contributed by atoms with van der Waals surface area (Å²) in [7, 11) is -2.12. The van der Waals surface area contributed by atoms with Gasteiger partial charge in [-0.1, -0.05) is 11.8 Å². The molecule has 1 rings (SSSR count). The number of hydrogen-bond donors (Lipinski definition) is 1. The number of nitrogens with zero attached hydrogens (tertiary/aromatic N) is 2. The number of nitriles is 1. The van der Waals surface area contributed by atoms with E-state index in [1.165, 1.54) is 23.5 Å². The largest absolute Gasteiger partial charge is 0.320 e. The highest BCUT2D eigenvalue weighted by atomic mass is 32.2. The van der Waals surface area contributed by atoms with Gasteiger partial charge in [0.25, 0.3) is 0 Å². The highest BCUT2D eigenvalue weighted by Gasteiger charge is 2.24. The molecule has 106 valence electrons. The van der Waals surface area contributed by atoms with Gasteiger partial charge < -0.3 is 5.73 Å². The summed E-state index contributed by atoms with van der Waals surface area (Å²) < 4.78 is 25.9. The Balaban J connectivity index is 3.02. The maximum absolute atomic E-state index is 12.3. The van der Waals surface area contributed by atoms with Crippen LogP contribution in [0.2, 0.25) is 0 Å². The second kappa shape index (κ2) is 7.06. The first-order valence-electron chi connectivity index (χ1n) is 6.07. The van der Waals surface area contributed by atoms with Crippen molar-refractivity contribution in [2.24, 2.45) is 5.73 Å². The molecule has 0 spiro atoms. The van der Waals surface area contributed by atoms with Gasteiger partial charge in [0.15, 0.2) is 0 Å². The number of hydrogen-bond acceptors (Lipinski definition) is 4. The van der Waals surface area contributed by atoms with Crippen molar-refractivity contribution >= 4 is 10.0 Å². The Labute approximate surface area is 120 Å². The lowest BCUT2D eigenvalue weighted by Gasteiger charge is -2.22. The maximum atomic E-state index is 12.3. The fraction of sp³-hybridized carbons (Fsp3) is 0.357. The standard InChI is InChI=1S/C14H17N3O2S/c1-12(9-11-16)17(2)20(18,19)14-7-5-13(6-8-14)4-3-10-15/h5-8,12H,9-10,15H2,1-2H3. The van der Waals surface area contributed by atoms with Gasteiger partial charge in [0.1, 0.15) is 0 Å². The summed E-state index contributed by atoms with van der Waals surface area (Å²) in [5.41, 5.74) is 5.98. The fourth-order valence-corrected chi connectivity index (χ4v) is 2.89. The minimum absolute atomic E-state index is 0.149. The Bertz CT molecular complexity index is 648. The molecule has 1 aromatic carbocycles. The lowest BCUT2D eigenvalue weighted by molar-refractivity contribution is 0.393. The van der Waals surface area contributed by atoms with Crippen LogP contribution < -0.4 is 5.73 Å². The zero-order valence-corrected chi connectivity index (χ0v) is 12.3. The van der Waals surface area contributed by atoms with E-state index in [2.05, 4.69) is 11.8 Å². The van der Waals surface area contributed by atoms with Crippen molar-refractivity contribution in [3.63, 3.8) is 0 Å². The lowest BCUT2D eigenvalue weighted by atomic mass is 10.2. The summed E-state index contributed by atoms with van der Waals surface area (Å²) in [6, 6.07) is 7.88. The molecular weight excluding hydrogens is 274 g/mol. The van der Waals surface area contributed by atoms with Crippen molar-refractivity contribution in [2.75, 3.05) is 13.6 Å². The highest BCUT2D eigenvalue weighted by molar-refractivity contribution is 7.89. The molecule has 0 radical (unpaired) electrons. The third-order valence-electron chi connectivity index (χ3n) is 2.87. The molecule has 0 bridgehead atoms. The van der Waals surface area contributed by atoms with Gasteiger partial charge in [0.05, 0.1) is 23.9 Å². The fourth-order valence-electron chi connectivity index (χ4n) is 1.53. The molecule has 0 heterocycles. The lowest BCUT2D eigenvalue weighted by Crippen LogP contribution is -2.34. The van der Waals surface area contributed by atoms with Crippen LogP contribution in [0, 0.1) is 23.2 Å². The van der Waals surface area contributed by atoms with E-state index in [-0.39, 0.29) is 23.9 Å². The van der Waals surface area contributed by atoms with E-state index >= 15 is 0 Å². The van der Waals surface area contributed by atoms with Crippen LogP contribution in [-0.4, -0.2) is 32.4 Å². The molecule has 6 heteroatoms. The molecule has 0 aliphatic rings. The normalized spacial score (nSPS) is 12.3. The average Bonchev–Trinajstić information content (AvgIpc) is 2.45. The molecule has 20 heavy (non-hydrogen) atoms. The minimum Gasteiger partial charge on any atom is -0.320 e. The smallest absolute Gasteiger partial charge is 0.243 e. The zero-order valence-electron chi connectivity index (χ0n) is 11.5. The second-order valence-corrected chi connectivity index (χ2v) is 6.26. The molecule has 2 N–H and O–H groups in total. The van der Waals surface area contributed by atoms with E-state index in [9.17, 15) is 8.42 Å². The molecule has 0 aliphatic heterocycles. The maximum Gasteiger partial charge on any atom is 0.243 e. The Kier molecular flexibility index (Phi) is 5.72.